The van der Waals surface area contributed by atoms with Crippen LogP contribution >= 0.6 is 0 Å². The van der Waals surface area contributed by atoms with E-state index in [2.05, 4.69) is 182 Å². The fourth-order valence-corrected chi connectivity index (χ4v) is 10.3. The van der Waals surface area contributed by atoms with Crippen molar-refractivity contribution in [1.29, 1.82) is 0 Å². The van der Waals surface area contributed by atoms with E-state index in [1.165, 1.54) is 44.5 Å². The first-order chi connectivity index (χ1) is 30.7. The molecule has 0 bridgehead atoms. The van der Waals surface area contributed by atoms with Crippen molar-refractivity contribution in [1.82, 2.24) is 15.0 Å². The molecular weight excluding hydrogens is 755 g/mol. The predicted molar refractivity (Wildman–Crippen MR) is 251 cm³/mol. The Labute approximate surface area is 358 Å². The summed E-state index contributed by atoms with van der Waals surface area (Å²) in [6.07, 6.45) is 0. The maximum absolute atomic E-state index is 6.11. The van der Waals surface area contributed by atoms with Gasteiger partial charge in [0.25, 0.3) is 0 Å². The maximum Gasteiger partial charge on any atom is 0.164 e. The van der Waals surface area contributed by atoms with E-state index < -0.39 is 5.41 Å². The van der Waals surface area contributed by atoms with Gasteiger partial charge in [-0.25, -0.2) is 15.0 Å². The SMILES string of the molecule is c1ccc(-c2nc(-c3ccc(-c4ccc5oc6ccccc6c5c4)cc3)nc(-c3ccccc3-c3ccc4c(c3)C3(c5ccccc5-c5ccccc53)c3ccccc3-4)n2)cc1. The Kier molecular flexibility index (Phi) is 7.49. The van der Waals surface area contributed by atoms with Gasteiger partial charge in [0.1, 0.15) is 11.2 Å². The molecule has 13 rings (SSSR count). The molecule has 4 nitrogen and oxygen atoms in total. The largest absolute Gasteiger partial charge is 0.456 e. The number of hydrogen-bond donors (Lipinski definition) is 0. The highest BCUT2D eigenvalue weighted by Gasteiger charge is 2.51. The molecule has 0 unspecified atom stereocenters. The Morgan fingerprint density at radius 1 is 0.274 bits per heavy atom. The van der Waals surface area contributed by atoms with Crippen molar-refractivity contribution in [2.45, 2.75) is 5.41 Å². The van der Waals surface area contributed by atoms with Crippen LogP contribution in [0.5, 0.6) is 0 Å². The minimum absolute atomic E-state index is 0.435. The summed E-state index contributed by atoms with van der Waals surface area (Å²) < 4.78 is 6.11. The molecule has 2 aliphatic carbocycles. The number of furan rings is 1. The fraction of sp³-hybridized carbons (Fsp3) is 0.0172. The average Bonchev–Trinajstić information content (AvgIpc) is 3.98. The van der Waals surface area contributed by atoms with Gasteiger partial charge in [-0.05, 0) is 91.0 Å². The molecule has 11 aromatic rings. The van der Waals surface area contributed by atoms with Crippen LogP contribution in [-0.2, 0) is 5.41 Å². The minimum Gasteiger partial charge on any atom is -0.456 e. The number of nitrogens with zero attached hydrogens (tertiary/aromatic N) is 3. The maximum atomic E-state index is 6.11. The van der Waals surface area contributed by atoms with Crippen molar-refractivity contribution < 1.29 is 4.42 Å². The molecule has 2 heterocycles. The number of para-hydroxylation sites is 1. The zero-order valence-corrected chi connectivity index (χ0v) is 33.5. The van der Waals surface area contributed by atoms with Crippen molar-refractivity contribution in [3.05, 3.63) is 235 Å². The molecule has 0 atom stereocenters. The quantitative estimate of drug-likeness (QED) is 0.174. The molecule has 2 aromatic heterocycles. The van der Waals surface area contributed by atoms with Gasteiger partial charge in [-0.2, -0.15) is 0 Å². The summed E-state index contributed by atoms with van der Waals surface area (Å²) in [5.74, 6) is 1.87. The van der Waals surface area contributed by atoms with Crippen molar-refractivity contribution in [2.24, 2.45) is 0 Å². The Morgan fingerprint density at radius 2 is 0.742 bits per heavy atom. The first-order valence-electron chi connectivity index (χ1n) is 21.1. The molecule has 62 heavy (non-hydrogen) atoms. The van der Waals surface area contributed by atoms with Crippen LogP contribution in [0.25, 0.3) is 101 Å². The highest BCUT2D eigenvalue weighted by atomic mass is 16.3. The summed E-state index contributed by atoms with van der Waals surface area (Å²) >= 11 is 0. The lowest BCUT2D eigenvalue weighted by atomic mass is 9.70. The van der Waals surface area contributed by atoms with Crippen molar-refractivity contribution >= 4 is 21.9 Å². The van der Waals surface area contributed by atoms with Gasteiger partial charge >= 0.3 is 0 Å². The molecule has 0 saturated carbocycles. The molecular formula is C58H35N3O. The average molecular weight is 790 g/mol. The van der Waals surface area contributed by atoms with Crippen molar-refractivity contribution in [2.75, 3.05) is 0 Å². The summed E-state index contributed by atoms with van der Waals surface area (Å²) in [6, 6.07) is 75.7. The number of aromatic nitrogens is 3. The summed E-state index contributed by atoms with van der Waals surface area (Å²) in [7, 11) is 0. The third-order valence-corrected chi connectivity index (χ3v) is 13.0. The second kappa shape index (κ2) is 13.4. The van der Waals surface area contributed by atoms with E-state index in [-0.39, 0.29) is 0 Å². The number of benzene rings is 9. The Bertz CT molecular complexity index is 3520. The van der Waals surface area contributed by atoms with Crippen molar-refractivity contribution in [3.63, 3.8) is 0 Å². The number of fused-ring (bicyclic) bond motifs is 13. The van der Waals surface area contributed by atoms with E-state index in [4.69, 9.17) is 19.4 Å². The lowest BCUT2D eigenvalue weighted by molar-refractivity contribution is 0.669. The fourth-order valence-electron chi connectivity index (χ4n) is 10.3. The van der Waals surface area contributed by atoms with Gasteiger partial charge in [0.2, 0.25) is 0 Å². The van der Waals surface area contributed by atoms with Crippen LogP contribution in [-0.4, -0.2) is 15.0 Å². The minimum atomic E-state index is -0.435. The van der Waals surface area contributed by atoms with Crippen LogP contribution in [0.1, 0.15) is 22.3 Å². The van der Waals surface area contributed by atoms with Crippen LogP contribution in [0.4, 0.5) is 0 Å². The van der Waals surface area contributed by atoms with Gasteiger partial charge in [-0.15, -0.1) is 0 Å². The molecule has 0 amide bonds. The van der Waals surface area contributed by atoms with Crippen LogP contribution in [0.2, 0.25) is 0 Å². The lowest BCUT2D eigenvalue weighted by Crippen LogP contribution is -2.25. The zero-order valence-electron chi connectivity index (χ0n) is 33.5. The van der Waals surface area contributed by atoms with E-state index >= 15 is 0 Å². The standard InChI is InChI=1S/C58H35N3O/c1-2-14-37(15-3-1)55-59-56(38-28-26-36(27-29-38)39-31-33-54-48(34-39)46-20-9-13-25-53(46)62-54)61-57(60-55)47-21-5-4-16-41(47)40-30-32-45-44-19-8-12-24-51(44)58(52(45)35-40)49-22-10-6-17-42(49)43-18-7-11-23-50(43)58/h1-35H. The van der Waals surface area contributed by atoms with Crippen LogP contribution < -0.4 is 0 Å². The second-order valence-corrected chi connectivity index (χ2v) is 16.3. The molecule has 2 aliphatic rings. The summed E-state index contributed by atoms with van der Waals surface area (Å²) in [5.41, 5.74) is 19.0. The van der Waals surface area contributed by atoms with Gasteiger partial charge in [-0.3, -0.25) is 0 Å². The van der Waals surface area contributed by atoms with Crippen molar-refractivity contribution in [3.8, 4) is 78.7 Å². The lowest BCUT2D eigenvalue weighted by Gasteiger charge is -2.30. The van der Waals surface area contributed by atoms with Gasteiger partial charge in [0, 0.05) is 27.5 Å². The number of rotatable bonds is 5. The topological polar surface area (TPSA) is 51.8 Å². The molecule has 1 spiro atoms. The van der Waals surface area contributed by atoms with Crippen LogP contribution in [0.3, 0.4) is 0 Å². The molecule has 288 valence electrons. The predicted octanol–water partition coefficient (Wildman–Crippen LogP) is 14.4. The van der Waals surface area contributed by atoms with Crippen LogP contribution in [0.15, 0.2) is 217 Å². The van der Waals surface area contributed by atoms with Gasteiger partial charge in [0.15, 0.2) is 17.5 Å². The number of hydrogen-bond acceptors (Lipinski definition) is 4. The summed E-state index contributed by atoms with van der Waals surface area (Å²) in [5, 5.41) is 2.22. The first-order valence-corrected chi connectivity index (χ1v) is 21.1. The molecule has 0 N–H and O–H groups in total. The summed E-state index contributed by atoms with van der Waals surface area (Å²) in [4.78, 5) is 15.6. The third kappa shape index (κ3) is 5.04. The smallest absolute Gasteiger partial charge is 0.164 e. The highest BCUT2D eigenvalue weighted by molar-refractivity contribution is 6.06. The normalized spacial score (nSPS) is 13.0. The molecule has 9 aromatic carbocycles. The molecule has 0 fully saturated rings. The second-order valence-electron chi connectivity index (χ2n) is 16.3. The van der Waals surface area contributed by atoms with Gasteiger partial charge in [-0.1, -0.05) is 188 Å². The molecule has 4 heteroatoms. The van der Waals surface area contributed by atoms with E-state index in [1.54, 1.807) is 0 Å². The summed E-state index contributed by atoms with van der Waals surface area (Å²) in [6.45, 7) is 0. The Morgan fingerprint density at radius 3 is 1.42 bits per heavy atom. The molecule has 0 saturated heterocycles. The molecule has 0 aliphatic heterocycles. The Hall–Kier alpha value is -8.21. The van der Waals surface area contributed by atoms with Gasteiger partial charge < -0.3 is 4.42 Å². The van der Waals surface area contributed by atoms with E-state index in [9.17, 15) is 0 Å². The van der Waals surface area contributed by atoms with Gasteiger partial charge in [0.05, 0.1) is 5.41 Å². The zero-order chi connectivity index (χ0) is 40.8. The first kappa shape index (κ1) is 34.6. The van der Waals surface area contributed by atoms with E-state index in [0.717, 1.165) is 60.9 Å². The van der Waals surface area contributed by atoms with Crippen LogP contribution in [0, 0.1) is 0 Å². The third-order valence-electron chi connectivity index (χ3n) is 13.0. The van der Waals surface area contributed by atoms with E-state index in [0.29, 0.717) is 17.5 Å². The highest BCUT2D eigenvalue weighted by Crippen LogP contribution is 2.63. The van der Waals surface area contributed by atoms with E-state index in [1.807, 2.05) is 30.3 Å². The monoisotopic (exact) mass is 789 g/mol. The Balaban J connectivity index is 0.952. The molecule has 0 radical (unpaired) electrons.